The number of aromatic carboxylic acids is 1. The highest BCUT2D eigenvalue weighted by atomic mass is 35.5. The van der Waals surface area contributed by atoms with Gasteiger partial charge < -0.3 is 5.11 Å². The van der Waals surface area contributed by atoms with Crippen LogP contribution < -0.4 is 0 Å². The van der Waals surface area contributed by atoms with Crippen LogP contribution in [0.4, 0.5) is 0 Å². The first-order valence-corrected chi connectivity index (χ1v) is 7.87. The molecule has 5 heteroatoms. The third-order valence-electron chi connectivity index (χ3n) is 4.00. The van der Waals surface area contributed by atoms with Gasteiger partial charge in [-0.05, 0) is 43.4 Å². The third kappa shape index (κ3) is 2.72. The minimum absolute atomic E-state index is 0.321. The fourth-order valence-corrected chi connectivity index (χ4v) is 3.58. The van der Waals surface area contributed by atoms with Gasteiger partial charge in [-0.1, -0.05) is 36.0 Å². The molecule has 0 radical (unpaired) electrons. The maximum absolute atomic E-state index is 11.8. The molecule has 0 unspecified atom stereocenters. The molecule has 0 amide bonds. The third-order valence-corrected chi connectivity index (χ3v) is 4.50. The van der Waals surface area contributed by atoms with Crippen LogP contribution in [0.1, 0.15) is 47.3 Å². The van der Waals surface area contributed by atoms with E-state index in [4.69, 9.17) is 23.2 Å². The van der Waals surface area contributed by atoms with Crippen LogP contribution in [0.25, 0.3) is 10.9 Å². The monoisotopic (exact) mass is 323 g/mol. The van der Waals surface area contributed by atoms with Crippen LogP contribution in [0, 0.1) is 0 Å². The van der Waals surface area contributed by atoms with Crippen molar-refractivity contribution in [1.29, 1.82) is 0 Å². The number of benzene rings is 1. The SMILES string of the molecule is O=C(O)c1c2c(nc3c(Cl)cc(Cl)cc13)CCCCCC2. The summed E-state index contributed by atoms with van der Waals surface area (Å²) in [6.07, 6.45) is 5.89. The largest absolute Gasteiger partial charge is 0.478 e. The lowest BCUT2D eigenvalue weighted by Gasteiger charge is -2.18. The summed E-state index contributed by atoms with van der Waals surface area (Å²) in [6.45, 7) is 0. The number of carbonyl (C=O) groups is 1. The van der Waals surface area contributed by atoms with Crippen molar-refractivity contribution in [3.05, 3.63) is 39.0 Å². The standard InChI is InChI=1S/C16H15Cl2NO2/c17-9-7-11-14(16(20)21)10-5-3-1-2-4-6-13(10)19-15(11)12(18)8-9/h7-8H,1-6H2,(H,20,21). The first-order valence-electron chi connectivity index (χ1n) is 7.11. The van der Waals surface area contributed by atoms with Gasteiger partial charge in [-0.15, -0.1) is 0 Å². The van der Waals surface area contributed by atoms with E-state index in [9.17, 15) is 9.90 Å². The van der Waals surface area contributed by atoms with Crippen molar-refractivity contribution >= 4 is 40.1 Å². The van der Waals surface area contributed by atoms with E-state index in [1.807, 2.05) is 0 Å². The minimum atomic E-state index is -0.933. The molecule has 3 rings (SSSR count). The number of carboxylic acid groups (broad SMARTS) is 1. The second-order valence-electron chi connectivity index (χ2n) is 5.42. The number of halogens is 2. The van der Waals surface area contributed by atoms with Crippen molar-refractivity contribution in [2.75, 3.05) is 0 Å². The van der Waals surface area contributed by atoms with E-state index in [1.54, 1.807) is 12.1 Å². The van der Waals surface area contributed by atoms with Gasteiger partial charge in [-0.2, -0.15) is 0 Å². The molecule has 0 saturated heterocycles. The zero-order chi connectivity index (χ0) is 15.0. The molecule has 0 fully saturated rings. The Kier molecular flexibility index (Phi) is 4.05. The van der Waals surface area contributed by atoms with Gasteiger partial charge in [-0.3, -0.25) is 4.98 Å². The van der Waals surface area contributed by atoms with Crippen molar-refractivity contribution in [1.82, 2.24) is 4.98 Å². The molecular weight excluding hydrogens is 309 g/mol. The molecule has 1 N–H and O–H groups in total. The van der Waals surface area contributed by atoms with Crippen molar-refractivity contribution < 1.29 is 9.90 Å². The summed E-state index contributed by atoms with van der Waals surface area (Å²) in [5, 5.41) is 11.1. The summed E-state index contributed by atoms with van der Waals surface area (Å²) in [6, 6.07) is 3.26. The van der Waals surface area contributed by atoms with Crippen LogP contribution in [-0.2, 0) is 12.8 Å². The minimum Gasteiger partial charge on any atom is -0.478 e. The van der Waals surface area contributed by atoms with Gasteiger partial charge in [0.2, 0.25) is 0 Å². The summed E-state index contributed by atoms with van der Waals surface area (Å²) >= 11 is 12.3. The molecule has 1 heterocycles. The Bertz CT molecular complexity index is 728. The maximum Gasteiger partial charge on any atom is 0.336 e. The van der Waals surface area contributed by atoms with Crippen molar-refractivity contribution in [3.63, 3.8) is 0 Å². The second-order valence-corrected chi connectivity index (χ2v) is 6.26. The summed E-state index contributed by atoms with van der Waals surface area (Å²) in [4.78, 5) is 16.4. The van der Waals surface area contributed by atoms with Gasteiger partial charge in [0, 0.05) is 16.1 Å². The molecule has 0 spiro atoms. The van der Waals surface area contributed by atoms with Crippen LogP contribution in [0.15, 0.2) is 12.1 Å². The topological polar surface area (TPSA) is 50.2 Å². The van der Waals surface area contributed by atoms with Crippen molar-refractivity contribution in [2.24, 2.45) is 0 Å². The number of aromatic nitrogens is 1. The average molecular weight is 324 g/mol. The lowest BCUT2D eigenvalue weighted by atomic mass is 9.91. The summed E-state index contributed by atoms with van der Waals surface area (Å²) in [5.74, 6) is -0.933. The molecule has 0 saturated carbocycles. The quantitative estimate of drug-likeness (QED) is 0.812. The van der Waals surface area contributed by atoms with Gasteiger partial charge in [0.15, 0.2) is 0 Å². The van der Waals surface area contributed by atoms with Gasteiger partial charge in [0.25, 0.3) is 0 Å². The van der Waals surface area contributed by atoms with Crippen LogP contribution in [0.5, 0.6) is 0 Å². The van der Waals surface area contributed by atoms with Crippen LogP contribution >= 0.6 is 23.2 Å². The lowest BCUT2D eigenvalue weighted by Crippen LogP contribution is -2.11. The first kappa shape index (κ1) is 14.6. The van der Waals surface area contributed by atoms with E-state index in [0.29, 0.717) is 26.5 Å². The number of carboxylic acids is 1. The Hall–Kier alpha value is -1.32. The normalized spacial score (nSPS) is 15.3. The number of nitrogens with zero attached hydrogens (tertiary/aromatic N) is 1. The van der Waals surface area contributed by atoms with Gasteiger partial charge >= 0.3 is 5.97 Å². The zero-order valence-corrected chi connectivity index (χ0v) is 13.0. The van der Waals surface area contributed by atoms with Crippen molar-refractivity contribution in [3.8, 4) is 0 Å². The Balaban J connectivity index is 2.37. The number of fused-ring (bicyclic) bond motifs is 2. The number of pyridine rings is 1. The van der Waals surface area contributed by atoms with E-state index in [-0.39, 0.29) is 0 Å². The number of hydrogen-bond donors (Lipinski definition) is 1. The molecule has 1 aliphatic rings. The molecule has 2 aromatic rings. The average Bonchev–Trinajstić information content (AvgIpc) is 2.38. The van der Waals surface area contributed by atoms with E-state index in [1.165, 1.54) is 0 Å². The Morgan fingerprint density at radius 3 is 2.52 bits per heavy atom. The van der Waals surface area contributed by atoms with Gasteiger partial charge in [0.1, 0.15) is 0 Å². The molecule has 21 heavy (non-hydrogen) atoms. The predicted molar refractivity (Wildman–Crippen MR) is 84.6 cm³/mol. The summed E-state index contributed by atoms with van der Waals surface area (Å²) in [5.41, 5.74) is 2.59. The van der Waals surface area contributed by atoms with Crippen LogP contribution in [0.2, 0.25) is 10.0 Å². The zero-order valence-electron chi connectivity index (χ0n) is 11.5. The Morgan fingerprint density at radius 1 is 1.10 bits per heavy atom. The fourth-order valence-electron chi connectivity index (χ4n) is 3.05. The van der Waals surface area contributed by atoms with E-state index in [2.05, 4.69) is 4.98 Å². The predicted octanol–water partition coefficient (Wildman–Crippen LogP) is 4.90. The Labute approximate surface area is 132 Å². The molecule has 110 valence electrons. The summed E-state index contributed by atoms with van der Waals surface area (Å²) < 4.78 is 0. The van der Waals surface area contributed by atoms with Gasteiger partial charge in [0.05, 0.1) is 16.1 Å². The lowest BCUT2D eigenvalue weighted by molar-refractivity contribution is 0.0697. The fraction of sp³-hybridized carbons (Fsp3) is 0.375. The highest BCUT2D eigenvalue weighted by Gasteiger charge is 2.22. The molecule has 1 aromatic carbocycles. The smallest absolute Gasteiger partial charge is 0.336 e. The molecule has 3 nitrogen and oxygen atoms in total. The summed E-state index contributed by atoms with van der Waals surface area (Å²) in [7, 11) is 0. The van der Waals surface area contributed by atoms with Gasteiger partial charge in [-0.25, -0.2) is 4.79 Å². The molecule has 1 aliphatic carbocycles. The maximum atomic E-state index is 11.8. The molecule has 0 bridgehead atoms. The van der Waals surface area contributed by atoms with E-state index >= 15 is 0 Å². The molecular formula is C16H15Cl2NO2. The van der Waals surface area contributed by atoms with Crippen LogP contribution in [-0.4, -0.2) is 16.1 Å². The highest BCUT2D eigenvalue weighted by Crippen LogP contribution is 2.33. The highest BCUT2D eigenvalue weighted by molar-refractivity contribution is 6.38. The van der Waals surface area contributed by atoms with E-state index < -0.39 is 5.97 Å². The first-order chi connectivity index (χ1) is 10.1. The molecule has 0 aliphatic heterocycles. The molecule has 0 atom stereocenters. The van der Waals surface area contributed by atoms with Crippen LogP contribution in [0.3, 0.4) is 0 Å². The number of aryl methyl sites for hydroxylation is 1. The number of hydrogen-bond acceptors (Lipinski definition) is 2. The second kappa shape index (κ2) is 5.82. The van der Waals surface area contributed by atoms with Crippen molar-refractivity contribution in [2.45, 2.75) is 38.5 Å². The number of rotatable bonds is 1. The molecule has 1 aromatic heterocycles. The Morgan fingerprint density at radius 2 is 1.81 bits per heavy atom. The van der Waals surface area contributed by atoms with E-state index in [0.717, 1.165) is 49.8 Å².